The first-order chi connectivity index (χ1) is 11.8. The van der Waals surface area contributed by atoms with Crippen LogP contribution >= 0.6 is 0 Å². The summed E-state index contributed by atoms with van der Waals surface area (Å²) in [5, 5.41) is 10.8. The van der Waals surface area contributed by atoms with Gasteiger partial charge in [0.05, 0.1) is 7.11 Å². The Bertz CT molecular complexity index is 592. The molecule has 2 rings (SSSR count). The molecule has 0 fully saturated rings. The molecular formula is C18H27N5O. The second-order valence-corrected chi connectivity index (χ2v) is 5.41. The summed E-state index contributed by atoms with van der Waals surface area (Å²) in [6, 6.07) is 10.1. The standard InChI is InChI=1S/C18H27N5O/c1-3-19-18(20-11-4-14-23-15-5-12-22-23)21-13-10-16-6-8-17(24-2)9-7-16/h5-9,12,15H,3-4,10-11,13-14H2,1-2H3,(H2,19,20,21). The number of nitrogens with zero attached hydrogens (tertiary/aromatic N) is 3. The summed E-state index contributed by atoms with van der Waals surface area (Å²) in [4.78, 5) is 4.60. The fourth-order valence-electron chi connectivity index (χ4n) is 2.32. The molecule has 1 aromatic heterocycles. The van der Waals surface area contributed by atoms with Crippen molar-refractivity contribution in [2.45, 2.75) is 26.3 Å². The van der Waals surface area contributed by atoms with E-state index in [9.17, 15) is 0 Å². The van der Waals surface area contributed by atoms with Crippen molar-refractivity contribution < 1.29 is 4.74 Å². The van der Waals surface area contributed by atoms with Gasteiger partial charge < -0.3 is 15.4 Å². The van der Waals surface area contributed by atoms with E-state index >= 15 is 0 Å². The van der Waals surface area contributed by atoms with E-state index in [1.165, 1.54) is 5.56 Å². The zero-order valence-corrected chi connectivity index (χ0v) is 14.5. The van der Waals surface area contributed by atoms with Crippen LogP contribution < -0.4 is 15.4 Å². The number of aromatic nitrogens is 2. The van der Waals surface area contributed by atoms with Crippen molar-refractivity contribution in [2.75, 3.05) is 26.7 Å². The number of benzene rings is 1. The molecule has 2 aromatic rings. The van der Waals surface area contributed by atoms with Crippen LogP contribution in [0.4, 0.5) is 0 Å². The van der Waals surface area contributed by atoms with Crippen LogP contribution in [-0.4, -0.2) is 42.5 Å². The first-order valence-electron chi connectivity index (χ1n) is 8.44. The quantitative estimate of drug-likeness (QED) is 0.420. The summed E-state index contributed by atoms with van der Waals surface area (Å²) in [6.45, 7) is 5.44. The van der Waals surface area contributed by atoms with Gasteiger partial charge in [0.1, 0.15) is 5.75 Å². The highest BCUT2D eigenvalue weighted by atomic mass is 16.5. The Balaban J connectivity index is 1.71. The van der Waals surface area contributed by atoms with E-state index in [2.05, 4.69) is 39.8 Å². The number of aryl methyl sites for hydroxylation is 1. The van der Waals surface area contributed by atoms with Crippen molar-refractivity contribution in [3.05, 3.63) is 48.3 Å². The Morgan fingerprint density at radius 1 is 1.25 bits per heavy atom. The van der Waals surface area contributed by atoms with Crippen molar-refractivity contribution in [3.63, 3.8) is 0 Å². The number of rotatable bonds is 9. The third kappa shape index (κ3) is 6.32. The van der Waals surface area contributed by atoms with Crippen molar-refractivity contribution in [1.29, 1.82) is 0 Å². The molecule has 1 aromatic carbocycles. The molecule has 2 N–H and O–H groups in total. The molecule has 1 heterocycles. The monoisotopic (exact) mass is 329 g/mol. The normalized spacial score (nSPS) is 11.3. The molecule has 6 heteroatoms. The zero-order chi connectivity index (χ0) is 17.0. The average Bonchev–Trinajstić information content (AvgIpc) is 3.12. The summed E-state index contributed by atoms with van der Waals surface area (Å²) in [6.07, 6.45) is 5.69. The van der Waals surface area contributed by atoms with Crippen LogP contribution in [0.25, 0.3) is 0 Å². The summed E-state index contributed by atoms with van der Waals surface area (Å²) in [7, 11) is 1.68. The van der Waals surface area contributed by atoms with Gasteiger partial charge in [0.25, 0.3) is 0 Å². The Morgan fingerprint density at radius 3 is 2.75 bits per heavy atom. The molecule has 0 aliphatic carbocycles. The van der Waals surface area contributed by atoms with Crippen LogP contribution in [0.3, 0.4) is 0 Å². The first-order valence-corrected chi connectivity index (χ1v) is 8.44. The third-order valence-electron chi connectivity index (χ3n) is 3.58. The third-order valence-corrected chi connectivity index (χ3v) is 3.58. The van der Waals surface area contributed by atoms with Crippen LogP contribution in [0.2, 0.25) is 0 Å². The van der Waals surface area contributed by atoms with Gasteiger partial charge in [0.15, 0.2) is 5.96 Å². The second kappa shape index (κ2) is 10.3. The van der Waals surface area contributed by atoms with Gasteiger partial charge in [-0.2, -0.15) is 5.10 Å². The number of hydrogen-bond acceptors (Lipinski definition) is 3. The maximum Gasteiger partial charge on any atom is 0.191 e. The molecule has 0 unspecified atom stereocenters. The Hall–Kier alpha value is -2.50. The van der Waals surface area contributed by atoms with Crippen LogP contribution in [0.15, 0.2) is 47.7 Å². The summed E-state index contributed by atoms with van der Waals surface area (Å²) >= 11 is 0. The first kappa shape index (κ1) is 17.8. The van der Waals surface area contributed by atoms with Crippen LogP contribution in [-0.2, 0) is 13.0 Å². The summed E-state index contributed by atoms with van der Waals surface area (Å²) in [5.41, 5.74) is 1.28. The Morgan fingerprint density at radius 2 is 2.08 bits per heavy atom. The van der Waals surface area contributed by atoms with E-state index in [-0.39, 0.29) is 0 Å². The number of ether oxygens (including phenoxy) is 1. The molecule has 6 nitrogen and oxygen atoms in total. The second-order valence-electron chi connectivity index (χ2n) is 5.41. The zero-order valence-electron chi connectivity index (χ0n) is 14.5. The minimum atomic E-state index is 0.776. The maximum atomic E-state index is 5.17. The minimum absolute atomic E-state index is 0.776. The minimum Gasteiger partial charge on any atom is -0.497 e. The number of guanidine groups is 1. The van der Waals surface area contributed by atoms with E-state index in [1.54, 1.807) is 13.3 Å². The lowest BCUT2D eigenvalue weighted by Crippen LogP contribution is -2.38. The van der Waals surface area contributed by atoms with Gasteiger partial charge in [0.2, 0.25) is 0 Å². The molecule has 130 valence electrons. The predicted molar refractivity (Wildman–Crippen MR) is 97.5 cm³/mol. The van der Waals surface area contributed by atoms with Crippen LogP contribution in [0.1, 0.15) is 18.9 Å². The molecular weight excluding hydrogens is 302 g/mol. The number of nitrogens with one attached hydrogen (secondary N) is 2. The molecule has 24 heavy (non-hydrogen) atoms. The molecule has 0 saturated carbocycles. The molecule has 0 radical (unpaired) electrons. The molecule has 0 bridgehead atoms. The van der Waals surface area contributed by atoms with Crippen LogP contribution in [0.5, 0.6) is 5.75 Å². The molecule has 0 aliphatic heterocycles. The smallest absolute Gasteiger partial charge is 0.191 e. The van der Waals surface area contributed by atoms with Gasteiger partial charge >= 0.3 is 0 Å². The SMILES string of the molecule is CCNC(=NCCCn1cccn1)NCCc1ccc(OC)cc1. The van der Waals surface area contributed by atoms with Gasteiger partial charge in [-0.1, -0.05) is 12.1 Å². The predicted octanol–water partition coefficient (Wildman–Crippen LogP) is 2.08. The molecule has 0 aliphatic rings. The number of aliphatic imine (C=N–C) groups is 1. The fourth-order valence-corrected chi connectivity index (χ4v) is 2.32. The Labute approximate surface area is 143 Å². The van der Waals surface area contributed by atoms with Gasteiger partial charge in [-0.3, -0.25) is 9.67 Å². The Kier molecular flexibility index (Phi) is 7.67. The van der Waals surface area contributed by atoms with Crippen molar-refractivity contribution in [1.82, 2.24) is 20.4 Å². The highest BCUT2D eigenvalue weighted by Crippen LogP contribution is 2.11. The topological polar surface area (TPSA) is 63.5 Å². The maximum absolute atomic E-state index is 5.17. The molecule has 0 amide bonds. The molecule has 0 saturated heterocycles. The summed E-state index contributed by atoms with van der Waals surface area (Å²) < 4.78 is 7.10. The van der Waals surface area contributed by atoms with Crippen molar-refractivity contribution >= 4 is 5.96 Å². The number of hydrogen-bond donors (Lipinski definition) is 2. The highest BCUT2D eigenvalue weighted by Gasteiger charge is 1.99. The lowest BCUT2D eigenvalue weighted by Gasteiger charge is -2.11. The summed E-state index contributed by atoms with van der Waals surface area (Å²) in [5.74, 6) is 1.75. The van der Waals surface area contributed by atoms with E-state index in [4.69, 9.17) is 4.74 Å². The lowest BCUT2D eigenvalue weighted by molar-refractivity contribution is 0.414. The van der Waals surface area contributed by atoms with Gasteiger partial charge in [-0.25, -0.2) is 0 Å². The van der Waals surface area contributed by atoms with Gasteiger partial charge in [-0.05, 0) is 43.5 Å². The van der Waals surface area contributed by atoms with E-state index < -0.39 is 0 Å². The fraction of sp³-hybridized carbons (Fsp3) is 0.444. The van der Waals surface area contributed by atoms with Crippen molar-refractivity contribution in [3.8, 4) is 5.75 Å². The van der Waals surface area contributed by atoms with E-state index in [0.29, 0.717) is 0 Å². The van der Waals surface area contributed by atoms with E-state index in [0.717, 1.165) is 50.7 Å². The highest BCUT2D eigenvalue weighted by molar-refractivity contribution is 5.79. The van der Waals surface area contributed by atoms with Crippen LogP contribution in [0, 0.1) is 0 Å². The molecule has 0 spiro atoms. The average molecular weight is 329 g/mol. The molecule has 0 atom stereocenters. The lowest BCUT2D eigenvalue weighted by atomic mass is 10.1. The van der Waals surface area contributed by atoms with E-state index in [1.807, 2.05) is 29.1 Å². The number of methoxy groups -OCH3 is 1. The van der Waals surface area contributed by atoms with Gasteiger partial charge in [-0.15, -0.1) is 0 Å². The van der Waals surface area contributed by atoms with Gasteiger partial charge in [0, 0.05) is 38.6 Å². The van der Waals surface area contributed by atoms with Crippen molar-refractivity contribution in [2.24, 2.45) is 4.99 Å². The largest absolute Gasteiger partial charge is 0.497 e.